The number of fused-ring (bicyclic) bond motifs is 1. The third kappa shape index (κ3) is 5.15. The van der Waals surface area contributed by atoms with Gasteiger partial charge in [-0.2, -0.15) is 0 Å². The Morgan fingerprint density at radius 1 is 0.591 bits per heavy atom. The van der Waals surface area contributed by atoms with E-state index in [2.05, 4.69) is 0 Å². The monoisotopic (exact) mass is 582 g/mol. The Hall–Kier alpha value is -5.49. The van der Waals surface area contributed by atoms with Gasteiger partial charge in [-0.15, -0.1) is 0 Å². The van der Waals surface area contributed by atoms with Crippen LogP contribution in [0.1, 0.15) is 70.0 Å². The molecular weight excluding hydrogens is 552 g/mol. The van der Waals surface area contributed by atoms with Gasteiger partial charge in [0.15, 0.2) is 5.60 Å². The van der Waals surface area contributed by atoms with Gasteiger partial charge in [-0.25, -0.2) is 14.4 Å². The van der Waals surface area contributed by atoms with E-state index in [1.165, 1.54) is 0 Å². The predicted molar refractivity (Wildman–Crippen MR) is 166 cm³/mol. The lowest BCUT2D eigenvalue weighted by atomic mass is 9.79. The Bertz CT molecular complexity index is 1840. The molecule has 0 saturated carbocycles. The van der Waals surface area contributed by atoms with Gasteiger partial charge in [-0.3, -0.25) is 0 Å². The standard InChI is InChI=1S/C38H30O6/c1-23-9-7-11-27(19-23)35(39)42-33-17-15-29(21-25(33)3)38(32-14-6-5-13-31(32)37(41)44-38)30-16-18-34(26(4)22-30)43-36(40)28-12-8-10-24(2)20-28/h5-22H,1-4H3. The smallest absolute Gasteiger partial charge is 0.343 e. The van der Waals surface area contributed by atoms with E-state index in [4.69, 9.17) is 14.2 Å². The lowest BCUT2D eigenvalue weighted by Gasteiger charge is -2.31. The molecule has 218 valence electrons. The molecule has 5 aromatic carbocycles. The van der Waals surface area contributed by atoms with Crippen molar-refractivity contribution in [3.63, 3.8) is 0 Å². The van der Waals surface area contributed by atoms with Crippen molar-refractivity contribution in [3.8, 4) is 11.5 Å². The third-order valence-corrected chi connectivity index (χ3v) is 7.85. The Labute approximate surface area is 255 Å². The second-order valence-electron chi connectivity index (χ2n) is 11.1. The van der Waals surface area contributed by atoms with E-state index in [0.29, 0.717) is 56.0 Å². The molecule has 1 aliphatic heterocycles. The van der Waals surface area contributed by atoms with Crippen LogP contribution in [-0.2, 0) is 10.3 Å². The fraction of sp³-hybridized carbons (Fsp3) is 0.132. The average molecular weight is 583 g/mol. The highest BCUT2D eigenvalue weighted by Crippen LogP contribution is 2.48. The van der Waals surface area contributed by atoms with Crippen LogP contribution < -0.4 is 9.47 Å². The number of hydrogen-bond donors (Lipinski definition) is 0. The van der Waals surface area contributed by atoms with Crippen LogP contribution >= 0.6 is 0 Å². The van der Waals surface area contributed by atoms with Gasteiger partial charge in [-0.05, 0) is 93.4 Å². The number of carbonyl (C=O) groups is 3. The van der Waals surface area contributed by atoms with Crippen LogP contribution in [0.5, 0.6) is 11.5 Å². The number of aryl methyl sites for hydroxylation is 4. The molecule has 0 atom stereocenters. The van der Waals surface area contributed by atoms with E-state index >= 15 is 0 Å². The van der Waals surface area contributed by atoms with Crippen molar-refractivity contribution in [2.24, 2.45) is 0 Å². The van der Waals surface area contributed by atoms with Gasteiger partial charge >= 0.3 is 17.9 Å². The van der Waals surface area contributed by atoms with Crippen molar-refractivity contribution in [2.75, 3.05) is 0 Å². The zero-order valence-electron chi connectivity index (χ0n) is 24.8. The van der Waals surface area contributed by atoms with Crippen molar-refractivity contribution < 1.29 is 28.6 Å². The zero-order chi connectivity index (χ0) is 31.0. The highest BCUT2D eigenvalue weighted by molar-refractivity contribution is 5.96. The van der Waals surface area contributed by atoms with Crippen LogP contribution in [0.25, 0.3) is 0 Å². The van der Waals surface area contributed by atoms with E-state index in [-0.39, 0.29) is 0 Å². The minimum atomic E-state index is -1.28. The van der Waals surface area contributed by atoms with Crippen LogP contribution in [0.4, 0.5) is 0 Å². The highest BCUT2D eigenvalue weighted by Gasteiger charge is 2.48. The quantitative estimate of drug-likeness (QED) is 0.150. The number of cyclic esters (lactones) is 1. The van der Waals surface area contributed by atoms with E-state index in [9.17, 15) is 14.4 Å². The van der Waals surface area contributed by atoms with Crippen LogP contribution in [0.15, 0.2) is 109 Å². The Morgan fingerprint density at radius 3 is 1.57 bits per heavy atom. The molecule has 1 heterocycles. The maximum atomic E-state index is 13.2. The summed E-state index contributed by atoms with van der Waals surface area (Å²) in [5, 5.41) is 0. The molecule has 0 spiro atoms. The first-order valence-corrected chi connectivity index (χ1v) is 14.3. The molecule has 0 bridgehead atoms. The Kier molecular flexibility index (Phi) is 7.35. The van der Waals surface area contributed by atoms with Crippen molar-refractivity contribution in [2.45, 2.75) is 33.3 Å². The van der Waals surface area contributed by atoms with Crippen molar-refractivity contribution >= 4 is 17.9 Å². The Morgan fingerprint density at radius 2 is 1.09 bits per heavy atom. The lowest BCUT2D eigenvalue weighted by molar-refractivity contribution is 0.0251. The molecule has 1 aliphatic rings. The molecule has 0 unspecified atom stereocenters. The highest BCUT2D eigenvalue weighted by atomic mass is 16.6. The van der Waals surface area contributed by atoms with Gasteiger partial charge in [0.05, 0.1) is 16.7 Å². The predicted octanol–water partition coefficient (Wildman–Crippen LogP) is 7.82. The van der Waals surface area contributed by atoms with Crippen molar-refractivity contribution in [3.05, 3.63) is 165 Å². The maximum absolute atomic E-state index is 13.2. The van der Waals surface area contributed by atoms with E-state index in [1.807, 2.05) is 88.4 Å². The van der Waals surface area contributed by atoms with E-state index in [1.54, 1.807) is 48.5 Å². The third-order valence-electron chi connectivity index (χ3n) is 7.85. The van der Waals surface area contributed by atoms with Gasteiger partial charge < -0.3 is 14.2 Å². The normalized spacial score (nSPS) is 13.1. The summed E-state index contributed by atoms with van der Waals surface area (Å²) in [6.45, 7) is 7.52. The molecule has 44 heavy (non-hydrogen) atoms. The molecule has 6 rings (SSSR count). The number of hydrogen-bond acceptors (Lipinski definition) is 6. The maximum Gasteiger partial charge on any atom is 0.343 e. The molecule has 0 aliphatic carbocycles. The second kappa shape index (κ2) is 11.3. The number of ether oxygens (including phenoxy) is 3. The summed E-state index contributed by atoms with van der Waals surface area (Å²) in [4.78, 5) is 39.0. The van der Waals surface area contributed by atoms with Crippen LogP contribution in [0.3, 0.4) is 0 Å². The molecule has 0 radical (unpaired) electrons. The minimum absolute atomic E-state index is 0.405. The number of esters is 3. The second-order valence-corrected chi connectivity index (χ2v) is 11.1. The molecule has 0 fully saturated rings. The fourth-order valence-corrected chi connectivity index (χ4v) is 5.64. The van der Waals surface area contributed by atoms with Gasteiger partial charge in [0.2, 0.25) is 0 Å². The molecular formula is C38H30O6. The molecule has 0 aromatic heterocycles. The van der Waals surface area contributed by atoms with Gasteiger partial charge in [0.25, 0.3) is 0 Å². The lowest BCUT2D eigenvalue weighted by Crippen LogP contribution is -2.30. The molecule has 6 nitrogen and oxygen atoms in total. The van der Waals surface area contributed by atoms with Crippen LogP contribution in [-0.4, -0.2) is 17.9 Å². The summed E-state index contributed by atoms with van der Waals surface area (Å²) < 4.78 is 17.8. The molecule has 6 heteroatoms. The van der Waals surface area contributed by atoms with Crippen LogP contribution in [0, 0.1) is 27.7 Å². The van der Waals surface area contributed by atoms with Crippen molar-refractivity contribution in [1.29, 1.82) is 0 Å². The Balaban J connectivity index is 1.38. The molecule has 0 N–H and O–H groups in total. The van der Waals surface area contributed by atoms with Gasteiger partial charge in [-0.1, -0.05) is 65.7 Å². The van der Waals surface area contributed by atoms with Crippen molar-refractivity contribution in [1.82, 2.24) is 0 Å². The fourth-order valence-electron chi connectivity index (χ4n) is 5.64. The topological polar surface area (TPSA) is 78.9 Å². The zero-order valence-corrected chi connectivity index (χ0v) is 24.8. The largest absolute Gasteiger partial charge is 0.441 e. The van der Waals surface area contributed by atoms with E-state index < -0.39 is 23.5 Å². The average Bonchev–Trinajstić information content (AvgIpc) is 3.32. The van der Waals surface area contributed by atoms with Gasteiger partial charge in [0, 0.05) is 16.7 Å². The van der Waals surface area contributed by atoms with E-state index in [0.717, 1.165) is 11.1 Å². The first-order chi connectivity index (χ1) is 21.2. The van der Waals surface area contributed by atoms with Gasteiger partial charge in [0.1, 0.15) is 11.5 Å². The number of carbonyl (C=O) groups excluding carboxylic acids is 3. The summed E-state index contributed by atoms with van der Waals surface area (Å²) in [6.07, 6.45) is 0. The number of benzene rings is 5. The SMILES string of the molecule is Cc1cccc(C(=O)Oc2ccc(C3(c4ccc(OC(=O)c5cccc(C)c5)c(C)c4)OC(=O)c4ccccc43)cc2C)c1. The summed E-state index contributed by atoms with van der Waals surface area (Å²) in [6, 6.07) is 32.5. The number of rotatable bonds is 6. The van der Waals surface area contributed by atoms with Crippen LogP contribution in [0.2, 0.25) is 0 Å². The first kappa shape index (κ1) is 28.6. The summed E-state index contributed by atoms with van der Waals surface area (Å²) in [5.41, 5.74) is 5.49. The summed E-state index contributed by atoms with van der Waals surface area (Å²) in [7, 11) is 0. The molecule has 0 amide bonds. The first-order valence-electron chi connectivity index (χ1n) is 14.3. The molecule has 5 aromatic rings. The molecule has 0 saturated heterocycles. The summed E-state index contributed by atoms with van der Waals surface area (Å²) in [5.74, 6) is -0.544. The minimum Gasteiger partial charge on any atom is -0.441 e. The summed E-state index contributed by atoms with van der Waals surface area (Å²) >= 11 is 0.